The quantitative estimate of drug-likeness (QED) is 0.578. The number of amides is 2. The van der Waals surface area contributed by atoms with Gasteiger partial charge in [0.2, 0.25) is 0 Å². The van der Waals surface area contributed by atoms with Crippen molar-refractivity contribution >= 4 is 17.6 Å². The van der Waals surface area contributed by atoms with Crippen LogP contribution >= 0.6 is 0 Å². The van der Waals surface area contributed by atoms with Crippen molar-refractivity contribution in [1.29, 1.82) is 0 Å². The summed E-state index contributed by atoms with van der Waals surface area (Å²) in [5, 5.41) is 3.08. The monoisotopic (exact) mass is 470 g/mol. The number of rotatable bonds is 3. The van der Waals surface area contributed by atoms with E-state index >= 15 is 0 Å². The van der Waals surface area contributed by atoms with Crippen LogP contribution < -0.4 is 14.8 Å². The summed E-state index contributed by atoms with van der Waals surface area (Å²) in [6.45, 7) is 6.57. The number of carbonyl (C=O) groups is 1. The number of hydrogen-bond acceptors (Lipinski definition) is 5. The van der Waals surface area contributed by atoms with E-state index in [0.717, 1.165) is 22.6 Å². The summed E-state index contributed by atoms with van der Waals surface area (Å²) in [5.74, 6) is 2.84. The number of carbonyl (C=O) groups excluding carboxylic acids is 1. The van der Waals surface area contributed by atoms with Gasteiger partial charge in [-0.3, -0.25) is 0 Å². The van der Waals surface area contributed by atoms with Crippen molar-refractivity contribution in [3.8, 4) is 17.2 Å². The summed E-state index contributed by atoms with van der Waals surface area (Å²) in [6.07, 6.45) is 0. The number of methoxy groups -OCH3 is 1. The van der Waals surface area contributed by atoms with E-state index in [9.17, 15) is 4.79 Å². The van der Waals surface area contributed by atoms with E-state index in [-0.39, 0.29) is 12.1 Å². The molecular formula is C28H30N4O3. The Morgan fingerprint density at radius 3 is 2.74 bits per heavy atom. The van der Waals surface area contributed by atoms with Gasteiger partial charge in [-0.2, -0.15) is 0 Å². The first-order chi connectivity index (χ1) is 17.0. The van der Waals surface area contributed by atoms with Gasteiger partial charge in [0, 0.05) is 32.2 Å². The average Bonchev–Trinajstić information content (AvgIpc) is 3.04. The Kier molecular flexibility index (Phi) is 6.31. The molecule has 180 valence electrons. The number of fused-ring (bicyclic) bond motifs is 2. The van der Waals surface area contributed by atoms with Crippen LogP contribution in [0.4, 0.5) is 10.5 Å². The standard InChI is InChI=1S/C28H30N4O3/c1-19-8-6-9-21(16-19)17-29-28(33)32-15-14-31(18-20(32)2)27-22-10-7-13-25(34-3)26(22)35-24-12-5-4-11-23(24)30-27/h4-13,16,20H,14-15,17-18H2,1-3H3,(H,29,33)/t20-/m0/s1. The third-order valence-electron chi connectivity index (χ3n) is 6.46. The number of para-hydroxylation sites is 3. The Labute approximate surface area is 206 Å². The Balaban J connectivity index is 1.36. The second-order valence-electron chi connectivity index (χ2n) is 8.98. The number of nitrogens with zero attached hydrogens (tertiary/aromatic N) is 3. The van der Waals surface area contributed by atoms with Crippen molar-refractivity contribution in [3.63, 3.8) is 0 Å². The van der Waals surface area contributed by atoms with Gasteiger partial charge in [-0.05, 0) is 43.7 Å². The number of ether oxygens (including phenoxy) is 2. The molecule has 0 saturated carbocycles. The first-order valence-corrected chi connectivity index (χ1v) is 11.9. The van der Waals surface area contributed by atoms with Crippen LogP contribution in [0.2, 0.25) is 0 Å². The molecular weight excluding hydrogens is 440 g/mol. The highest BCUT2D eigenvalue weighted by Crippen LogP contribution is 2.42. The molecule has 0 aromatic heterocycles. The fourth-order valence-corrected chi connectivity index (χ4v) is 4.67. The number of nitrogens with one attached hydrogen (secondary N) is 1. The number of amidine groups is 1. The zero-order valence-corrected chi connectivity index (χ0v) is 20.3. The zero-order valence-electron chi connectivity index (χ0n) is 20.3. The van der Waals surface area contributed by atoms with E-state index < -0.39 is 0 Å². The van der Waals surface area contributed by atoms with E-state index in [2.05, 4.69) is 36.2 Å². The smallest absolute Gasteiger partial charge is 0.318 e. The Morgan fingerprint density at radius 2 is 1.94 bits per heavy atom. The van der Waals surface area contributed by atoms with Crippen LogP contribution in [0.25, 0.3) is 0 Å². The normalized spacial score (nSPS) is 16.9. The first kappa shape index (κ1) is 22.8. The SMILES string of the molecule is COc1cccc2c1Oc1ccccc1N=C2N1CCN(C(=O)NCc2cccc(C)c2)[C@@H](C)C1. The summed E-state index contributed by atoms with van der Waals surface area (Å²) in [4.78, 5) is 22.1. The average molecular weight is 471 g/mol. The van der Waals surface area contributed by atoms with Crippen molar-refractivity contribution in [1.82, 2.24) is 15.1 Å². The number of piperazine rings is 1. The number of benzene rings is 3. The lowest BCUT2D eigenvalue weighted by atomic mass is 10.1. The van der Waals surface area contributed by atoms with Crippen LogP contribution in [0.15, 0.2) is 71.7 Å². The zero-order chi connectivity index (χ0) is 24.4. The number of aryl methyl sites for hydroxylation is 1. The third-order valence-corrected chi connectivity index (χ3v) is 6.46. The Bertz CT molecular complexity index is 1270. The van der Waals surface area contributed by atoms with Crippen LogP contribution in [0.3, 0.4) is 0 Å². The van der Waals surface area contributed by atoms with Crippen LogP contribution in [-0.4, -0.2) is 54.5 Å². The number of urea groups is 1. The summed E-state index contributed by atoms with van der Waals surface area (Å²) < 4.78 is 11.9. The number of aliphatic imine (C=N–C) groups is 1. The van der Waals surface area contributed by atoms with Gasteiger partial charge in [-0.1, -0.05) is 48.0 Å². The molecule has 2 amide bonds. The molecule has 0 radical (unpaired) electrons. The maximum absolute atomic E-state index is 13.0. The first-order valence-electron chi connectivity index (χ1n) is 11.9. The molecule has 0 spiro atoms. The molecule has 3 aromatic rings. The summed E-state index contributed by atoms with van der Waals surface area (Å²) in [6, 6.07) is 21.8. The molecule has 1 N–H and O–H groups in total. The van der Waals surface area contributed by atoms with E-state index in [0.29, 0.717) is 43.4 Å². The minimum atomic E-state index is -0.0443. The fraction of sp³-hybridized carbons (Fsp3) is 0.286. The predicted molar refractivity (Wildman–Crippen MR) is 137 cm³/mol. The van der Waals surface area contributed by atoms with Crippen molar-refractivity contribution < 1.29 is 14.3 Å². The van der Waals surface area contributed by atoms with Crippen LogP contribution in [0.1, 0.15) is 23.6 Å². The Hall–Kier alpha value is -4.00. The maximum Gasteiger partial charge on any atom is 0.318 e. The van der Waals surface area contributed by atoms with E-state index in [4.69, 9.17) is 14.5 Å². The van der Waals surface area contributed by atoms with Crippen LogP contribution in [-0.2, 0) is 6.54 Å². The lowest BCUT2D eigenvalue weighted by Gasteiger charge is -2.41. The van der Waals surface area contributed by atoms with Gasteiger partial charge >= 0.3 is 6.03 Å². The molecule has 2 aliphatic heterocycles. The molecule has 1 saturated heterocycles. The summed E-state index contributed by atoms with van der Waals surface area (Å²) in [7, 11) is 1.64. The molecule has 7 nitrogen and oxygen atoms in total. The largest absolute Gasteiger partial charge is 0.493 e. The second kappa shape index (κ2) is 9.70. The molecule has 35 heavy (non-hydrogen) atoms. The summed E-state index contributed by atoms with van der Waals surface area (Å²) in [5.41, 5.74) is 3.93. The Morgan fingerprint density at radius 1 is 1.11 bits per heavy atom. The molecule has 1 fully saturated rings. The molecule has 5 rings (SSSR count). The maximum atomic E-state index is 13.0. The molecule has 7 heteroatoms. The van der Waals surface area contributed by atoms with Crippen LogP contribution in [0, 0.1) is 6.92 Å². The third kappa shape index (κ3) is 4.67. The minimum absolute atomic E-state index is 0.0115. The van der Waals surface area contributed by atoms with Gasteiger partial charge in [-0.15, -0.1) is 0 Å². The van der Waals surface area contributed by atoms with Gasteiger partial charge in [-0.25, -0.2) is 9.79 Å². The van der Waals surface area contributed by atoms with Crippen LogP contribution in [0.5, 0.6) is 17.2 Å². The highest BCUT2D eigenvalue weighted by Gasteiger charge is 2.32. The molecule has 2 heterocycles. The molecule has 2 aliphatic rings. The van der Waals surface area contributed by atoms with Gasteiger partial charge in [0.05, 0.1) is 12.7 Å². The van der Waals surface area contributed by atoms with E-state index in [1.807, 2.05) is 59.5 Å². The second-order valence-corrected chi connectivity index (χ2v) is 8.98. The lowest BCUT2D eigenvalue weighted by molar-refractivity contribution is 0.134. The minimum Gasteiger partial charge on any atom is -0.493 e. The topological polar surface area (TPSA) is 66.4 Å². The highest BCUT2D eigenvalue weighted by atomic mass is 16.5. The van der Waals surface area contributed by atoms with Crippen molar-refractivity contribution in [2.75, 3.05) is 26.7 Å². The van der Waals surface area contributed by atoms with E-state index in [1.165, 1.54) is 5.56 Å². The lowest BCUT2D eigenvalue weighted by Crippen LogP contribution is -2.57. The predicted octanol–water partition coefficient (Wildman–Crippen LogP) is 5.10. The molecule has 0 unspecified atom stereocenters. The summed E-state index contributed by atoms with van der Waals surface area (Å²) >= 11 is 0. The number of hydrogen-bond donors (Lipinski definition) is 1. The molecule has 1 atom stereocenters. The van der Waals surface area contributed by atoms with E-state index in [1.54, 1.807) is 7.11 Å². The van der Waals surface area contributed by atoms with Gasteiger partial charge in [0.15, 0.2) is 17.2 Å². The highest BCUT2D eigenvalue weighted by molar-refractivity contribution is 6.04. The molecule has 3 aromatic carbocycles. The van der Waals surface area contributed by atoms with Crippen molar-refractivity contribution in [3.05, 3.63) is 83.4 Å². The molecule has 0 bridgehead atoms. The molecule has 0 aliphatic carbocycles. The van der Waals surface area contributed by atoms with Crippen molar-refractivity contribution in [2.24, 2.45) is 4.99 Å². The van der Waals surface area contributed by atoms with Gasteiger partial charge in [0.25, 0.3) is 0 Å². The van der Waals surface area contributed by atoms with Gasteiger partial charge < -0.3 is 24.6 Å². The van der Waals surface area contributed by atoms with Gasteiger partial charge in [0.1, 0.15) is 11.5 Å². The fourth-order valence-electron chi connectivity index (χ4n) is 4.67. The van der Waals surface area contributed by atoms with Crippen molar-refractivity contribution in [2.45, 2.75) is 26.4 Å².